The second kappa shape index (κ2) is 5.75. The van der Waals surface area contributed by atoms with Crippen molar-refractivity contribution in [1.29, 1.82) is 5.26 Å². The van der Waals surface area contributed by atoms with Crippen molar-refractivity contribution in [3.63, 3.8) is 0 Å². The molecule has 2 aromatic rings. The van der Waals surface area contributed by atoms with Crippen molar-refractivity contribution in [3.05, 3.63) is 63.7 Å². The van der Waals surface area contributed by atoms with Crippen molar-refractivity contribution < 1.29 is 14.1 Å². The van der Waals surface area contributed by atoms with E-state index in [1.165, 1.54) is 12.3 Å². The Bertz CT molecular complexity index is 698. The normalized spacial score (nSPS) is 9.80. The van der Waals surface area contributed by atoms with Crippen LogP contribution in [-0.4, -0.2) is 9.91 Å². The number of nitro groups is 1. The van der Waals surface area contributed by atoms with E-state index in [4.69, 9.17) is 10.00 Å². The van der Waals surface area contributed by atoms with Crippen LogP contribution in [0.1, 0.15) is 11.3 Å². The molecule has 0 saturated heterocycles. The number of rotatable bonds is 4. The fraction of sp³-hybridized carbons (Fsp3) is 0.0769. The van der Waals surface area contributed by atoms with Gasteiger partial charge >= 0.3 is 5.69 Å². The molecule has 0 aliphatic heterocycles. The number of aromatic nitrogens is 1. The number of nitriles is 1. The number of pyridine rings is 1. The van der Waals surface area contributed by atoms with Gasteiger partial charge in [0.25, 0.3) is 0 Å². The van der Waals surface area contributed by atoms with Gasteiger partial charge in [-0.15, -0.1) is 0 Å². The van der Waals surface area contributed by atoms with Crippen molar-refractivity contribution in [2.75, 3.05) is 0 Å². The minimum absolute atomic E-state index is 0.106. The fourth-order valence-electron chi connectivity index (χ4n) is 1.52. The van der Waals surface area contributed by atoms with Crippen molar-refractivity contribution in [2.24, 2.45) is 0 Å². The number of halogens is 1. The van der Waals surface area contributed by atoms with Gasteiger partial charge in [-0.25, -0.2) is 4.98 Å². The molecule has 0 saturated carbocycles. The molecule has 0 fully saturated rings. The number of benzene rings is 1. The third-order valence-electron chi connectivity index (χ3n) is 2.46. The largest absolute Gasteiger partial charge is 0.489 e. The fourth-order valence-corrected chi connectivity index (χ4v) is 1.52. The van der Waals surface area contributed by atoms with Crippen LogP contribution in [0.3, 0.4) is 0 Å². The average molecular weight is 273 g/mol. The maximum absolute atomic E-state index is 13.4. The van der Waals surface area contributed by atoms with E-state index in [9.17, 15) is 14.5 Å². The first-order valence-corrected chi connectivity index (χ1v) is 5.52. The average Bonchev–Trinajstić information content (AvgIpc) is 2.45. The van der Waals surface area contributed by atoms with E-state index in [1.807, 2.05) is 6.07 Å². The summed E-state index contributed by atoms with van der Waals surface area (Å²) in [7, 11) is 0. The zero-order valence-electron chi connectivity index (χ0n) is 10.1. The molecule has 6 nitrogen and oxygen atoms in total. The standard InChI is InChI=1S/C13H8FN3O3/c14-12-6-11(1-2-13(12)17(18)19)20-8-9-3-4-16-10(5-9)7-15/h1-6H,8H2. The molecule has 0 atom stereocenters. The maximum Gasteiger partial charge on any atom is 0.305 e. The zero-order valence-corrected chi connectivity index (χ0v) is 10.1. The van der Waals surface area contributed by atoms with Crippen LogP contribution < -0.4 is 4.74 Å². The summed E-state index contributed by atoms with van der Waals surface area (Å²) in [4.78, 5) is 13.5. The Labute approximate surface area is 113 Å². The molecular formula is C13H8FN3O3. The number of hydrogen-bond donors (Lipinski definition) is 0. The number of nitrogens with zero attached hydrogens (tertiary/aromatic N) is 3. The number of ether oxygens (including phenoxy) is 1. The van der Waals surface area contributed by atoms with Crippen LogP contribution in [0.25, 0.3) is 0 Å². The highest BCUT2D eigenvalue weighted by atomic mass is 19.1. The Kier molecular flexibility index (Phi) is 3.86. The van der Waals surface area contributed by atoms with Crippen molar-refractivity contribution in [1.82, 2.24) is 4.98 Å². The Hall–Kier alpha value is -3.01. The molecule has 1 aromatic carbocycles. The van der Waals surface area contributed by atoms with Gasteiger partial charge in [-0.2, -0.15) is 9.65 Å². The van der Waals surface area contributed by atoms with Gasteiger partial charge in [-0.05, 0) is 23.8 Å². The third kappa shape index (κ3) is 3.05. The monoisotopic (exact) mass is 273 g/mol. The van der Waals surface area contributed by atoms with Gasteiger partial charge in [0, 0.05) is 18.3 Å². The first kappa shape index (κ1) is 13.4. The summed E-state index contributed by atoms with van der Waals surface area (Å²) in [5, 5.41) is 19.2. The Morgan fingerprint density at radius 3 is 2.85 bits per heavy atom. The van der Waals surface area contributed by atoms with E-state index >= 15 is 0 Å². The topological polar surface area (TPSA) is 89.0 Å². The molecule has 0 aliphatic rings. The van der Waals surface area contributed by atoms with Gasteiger partial charge < -0.3 is 4.74 Å². The van der Waals surface area contributed by atoms with E-state index in [1.54, 1.807) is 12.1 Å². The van der Waals surface area contributed by atoms with Crippen LogP contribution in [0.5, 0.6) is 5.75 Å². The minimum atomic E-state index is -0.958. The van der Waals surface area contributed by atoms with Crippen molar-refractivity contribution in [2.45, 2.75) is 6.61 Å². The van der Waals surface area contributed by atoms with Gasteiger partial charge in [0.1, 0.15) is 24.1 Å². The minimum Gasteiger partial charge on any atom is -0.489 e. The van der Waals surface area contributed by atoms with Gasteiger partial charge in [-0.3, -0.25) is 10.1 Å². The molecular weight excluding hydrogens is 265 g/mol. The molecule has 1 heterocycles. The smallest absolute Gasteiger partial charge is 0.305 e. The Morgan fingerprint density at radius 2 is 2.20 bits per heavy atom. The molecule has 0 aliphatic carbocycles. The first-order valence-electron chi connectivity index (χ1n) is 5.52. The van der Waals surface area contributed by atoms with E-state index in [-0.39, 0.29) is 18.1 Å². The molecule has 20 heavy (non-hydrogen) atoms. The van der Waals surface area contributed by atoms with E-state index in [0.29, 0.717) is 5.56 Å². The molecule has 7 heteroatoms. The van der Waals surface area contributed by atoms with Crippen LogP contribution in [0.4, 0.5) is 10.1 Å². The third-order valence-corrected chi connectivity index (χ3v) is 2.46. The molecule has 0 N–H and O–H groups in total. The van der Waals surface area contributed by atoms with Crippen LogP contribution in [0.15, 0.2) is 36.5 Å². The zero-order chi connectivity index (χ0) is 14.5. The molecule has 0 amide bonds. The summed E-state index contributed by atoms with van der Waals surface area (Å²) in [5.74, 6) is -0.789. The predicted molar refractivity (Wildman–Crippen MR) is 66.3 cm³/mol. The van der Waals surface area contributed by atoms with Gasteiger partial charge in [0.2, 0.25) is 5.82 Å². The Balaban J connectivity index is 2.09. The molecule has 0 radical (unpaired) electrons. The predicted octanol–water partition coefficient (Wildman–Crippen LogP) is 2.58. The summed E-state index contributed by atoms with van der Waals surface area (Å²) in [6.07, 6.45) is 1.47. The van der Waals surface area contributed by atoms with Gasteiger partial charge in [0.05, 0.1) is 4.92 Å². The number of hydrogen-bond acceptors (Lipinski definition) is 5. The van der Waals surface area contributed by atoms with E-state index < -0.39 is 16.4 Å². The van der Waals surface area contributed by atoms with Crippen LogP contribution >= 0.6 is 0 Å². The SMILES string of the molecule is N#Cc1cc(COc2ccc([N+](=O)[O-])c(F)c2)ccn1. The summed E-state index contributed by atoms with van der Waals surface area (Å²) < 4.78 is 18.7. The molecule has 0 bridgehead atoms. The summed E-state index contributed by atoms with van der Waals surface area (Å²) in [6, 6.07) is 8.39. The summed E-state index contributed by atoms with van der Waals surface area (Å²) in [6.45, 7) is 0.106. The highest BCUT2D eigenvalue weighted by Crippen LogP contribution is 2.22. The lowest BCUT2D eigenvalue weighted by atomic mass is 10.2. The highest BCUT2D eigenvalue weighted by molar-refractivity contribution is 5.38. The lowest BCUT2D eigenvalue weighted by Crippen LogP contribution is -1.98. The summed E-state index contributed by atoms with van der Waals surface area (Å²) in [5.41, 5.74) is 0.337. The van der Waals surface area contributed by atoms with Gasteiger partial charge in [-0.1, -0.05) is 0 Å². The van der Waals surface area contributed by atoms with E-state index in [0.717, 1.165) is 12.1 Å². The van der Waals surface area contributed by atoms with Crippen molar-refractivity contribution >= 4 is 5.69 Å². The number of nitro benzene ring substituents is 1. The highest BCUT2D eigenvalue weighted by Gasteiger charge is 2.14. The molecule has 100 valence electrons. The molecule has 0 unspecified atom stereocenters. The van der Waals surface area contributed by atoms with Crippen LogP contribution in [0, 0.1) is 27.3 Å². The maximum atomic E-state index is 13.4. The molecule has 2 rings (SSSR count). The quantitative estimate of drug-likeness (QED) is 0.630. The van der Waals surface area contributed by atoms with Gasteiger partial charge in [0.15, 0.2) is 0 Å². The van der Waals surface area contributed by atoms with Crippen LogP contribution in [0.2, 0.25) is 0 Å². The lowest BCUT2D eigenvalue weighted by molar-refractivity contribution is -0.387. The second-order valence-corrected chi connectivity index (χ2v) is 3.82. The molecule has 0 spiro atoms. The first-order chi connectivity index (χ1) is 9.60. The van der Waals surface area contributed by atoms with Crippen molar-refractivity contribution in [3.8, 4) is 11.8 Å². The second-order valence-electron chi connectivity index (χ2n) is 3.82. The van der Waals surface area contributed by atoms with E-state index in [2.05, 4.69) is 4.98 Å². The van der Waals surface area contributed by atoms with Crippen LogP contribution in [-0.2, 0) is 6.61 Å². The lowest BCUT2D eigenvalue weighted by Gasteiger charge is -2.06. The Morgan fingerprint density at radius 1 is 1.40 bits per heavy atom. The summed E-state index contributed by atoms with van der Waals surface area (Å²) >= 11 is 0. The molecule has 1 aromatic heterocycles.